The minimum atomic E-state index is -0.0555. The molecule has 2 aromatic carbocycles. The van der Waals surface area contributed by atoms with Crippen LogP contribution in [0.5, 0.6) is 5.75 Å². The number of carbonyl (C=O) groups excluding carboxylic acids is 1. The molecule has 0 radical (unpaired) electrons. The molecule has 5 heteroatoms. The van der Waals surface area contributed by atoms with Crippen molar-refractivity contribution in [1.29, 1.82) is 0 Å². The SMILES string of the molecule is CCCOc1cccc(C(=O)N(Cc2ccc(N(C)C)cc2)Cc2ccco2)c1. The highest BCUT2D eigenvalue weighted by Crippen LogP contribution is 2.20. The molecule has 0 saturated heterocycles. The quantitative estimate of drug-likeness (QED) is 0.515. The zero-order chi connectivity index (χ0) is 20.6. The standard InChI is InChI=1S/C24H28N2O3/c1-4-14-28-22-8-5-7-20(16-22)24(27)26(18-23-9-6-15-29-23)17-19-10-12-21(13-11-19)25(2)3/h5-13,15-16H,4,14,17-18H2,1-3H3. The van der Waals surface area contributed by atoms with E-state index in [0.717, 1.165) is 23.4 Å². The number of nitrogens with zero attached hydrogens (tertiary/aromatic N) is 2. The third-order valence-corrected chi connectivity index (χ3v) is 4.59. The number of benzene rings is 2. The molecule has 1 amide bonds. The van der Waals surface area contributed by atoms with E-state index in [0.29, 0.717) is 31.0 Å². The molecule has 0 aliphatic rings. The molecule has 1 aromatic heterocycles. The first-order chi connectivity index (χ1) is 14.1. The van der Waals surface area contributed by atoms with Gasteiger partial charge in [0, 0.05) is 31.9 Å². The van der Waals surface area contributed by atoms with E-state index in [2.05, 4.69) is 36.1 Å². The van der Waals surface area contributed by atoms with Gasteiger partial charge in [-0.05, 0) is 54.4 Å². The van der Waals surface area contributed by atoms with Crippen LogP contribution in [0.15, 0.2) is 71.3 Å². The van der Waals surface area contributed by atoms with E-state index in [1.54, 1.807) is 11.2 Å². The van der Waals surface area contributed by atoms with Crippen LogP contribution in [0.25, 0.3) is 0 Å². The van der Waals surface area contributed by atoms with Gasteiger partial charge >= 0.3 is 0 Å². The van der Waals surface area contributed by atoms with Crippen LogP contribution in [-0.2, 0) is 13.1 Å². The van der Waals surface area contributed by atoms with Gasteiger partial charge in [0.25, 0.3) is 5.91 Å². The van der Waals surface area contributed by atoms with Crippen LogP contribution in [-0.4, -0.2) is 31.5 Å². The predicted octanol–water partition coefficient (Wildman–Crippen LogP) is 4.98. The van der Waals surface area contributed by atoms with Gasteiger partial charge in [-0.2, -0.15) is 0 Å². The smallest absolute Gasteiger partial charge is 0.254 e. The summed E-state index contributed by atoms with van der Waals surface area (Å²) < 4.78 is 11.2. The Kier molecular flexibility index (Phi) is 6.95. The molecule has 0 N–H and O–H groups in total. The molecule has 0 unspecified atom stereocenters. The molecule has 5 nitrogen and oxygen atoms in total. The first-order valence-electron chi connectivity index (χ1n) is 9.87. The molecule has 0 fully saturated rings. The summed E-state index contributed by atoms with van der Waals surface area (Å²) in [6, 6.07) is 19.3. The molecule has 0 aliphatic heterocycles. The minimum Gasteiger partial charge on any atom is -0.494 e. The van der Waals surface area contributed by atoms with Gasteiger partial charge < -0.3 is 19.0 Å². The first-order valence-corrected chi connectivity index (χ1v) is 9.87. The van der Waals surface area contributed by atoms with Crippen LogP contribution in [0.3, 0.4) is 0 Å². The fourth-order valence-electron chi connectivity index (χ4n) is 3.03. The number of hydrogen-bond acceptors (Lipinski definition) is 4. The molecule has 29 heavy (non-hydrogen) atoms. The molecule has 152 valence electrons. The summed E-state index contributed by atoms with van der Waals surface area (Å²) in [4.78, 5) is 17.1. The number of ether oxygens (including phenoxy) is 1. The highest BCUT2D eigenvalue weighted by atomic mass is 16.5. The average Bonchev–Trinajstić information content (AvgIpc) is 3.25. The lowest BCUT2D eigenvalue weighted by atomic mass is 10.1. The van der Waals surface area contributed by atoms with Gasteiger partial charge in [0.1, 0.15) is 11.5 Å². The summed E-state index contributed by atoms with van der Waals surface area (Å²) in [5, 5.41) is 0. The topological polar surface area (TPSA) is 45.9 Å². The van der Waals surface area contributed by atoms with Gasteiger partial charge in [0.05, 0.1) is 19.4 Å². The van der Waals surface area contributed by atoms with Crippen LogP contribution >= 0.6 is 0 Å². The van der Waals surface area contributed by atoms with Gasteiger partial charge in [-0.1, -0.05) is 25.1 Å². The van der Waals surface area contributed by atoms with Crippen LogP contribution in [0.2, 0.25) is 0 Å². The monoisotopic (exact) mass is 392 g/mol. The van der Waals surface area contributed by atoms with Crippen LogP contribution in [0, 0.1) is 0 Å². The zero-order valence-electron chi connectivity index (χ0n) is 17.3. The Morgan fingerprint density at radius 1 is 1.00 bits per heavy atom. The lowest BCUT2D eigenvalue weighted by Crippen LogP contribution is -2.30. The van der Waals surface area contributed by atoms with Crippen molar-refractivity contribution in [3.63, 3.8) is 0 Å². The molecule has 0 atom stereocenters. The number of anilines is 1. The van der Waals surface area contributed by atoms with Crippen molar-refractivity contribution < 1.29 is 13.9 Å². The van der Waals surface area contributed by atoms with Crippen molar-refractivity contribution in [1.82, 2.24) is 4.90 Å². The first kappa shape index (κ1) is 20.5. The van der Waals surface area contributed by atoms with Gasteiger partial charge in [-0.15, -0.1) is 0 Å². The van der Waals surface area contributed by atoms with Gasteiger partial charge in [0.15, 0.2) is 0 Å². The summed E-state index contributed by atoms with van der Waals surface area (Å²) >= 11 is 0. The van der Waals surface area contributed by atoms with E-state index >= 15 is 0 Å². The highest BCUT2D eigenvalue weighted by molar-refractivity contribution is 5.94. The predicted molar refractivity (Wildman–Crippen MR) is 115 cm³/mol. The summed E-state index contributed by atoms with van der Waals surface area (Å²) in [6.45, 7) is 3.59. The maximum Gasteiger partial charge on any atom is 0.254 e. The molecule has 0 saturated carbocycles. The van der Waals surface area contributed by atoms with E-state index in [9.17, 15) is 4.79 Å². The Morgan fingerprint density at radius 2 is 1.79 bits per heavy atom. The molecular formula is C24H28N2O3. The minimum absolute atomic E-state index is 0.0555. The molecular weight excluding hydrogens is 364 g/mol. The van der Waals surface area contributed by atoms with Crippen LogP contribution in [0.1, 0.15) is 35.0 Å². The number of amides is 1. The van der Waals surface area contributed by atoms with Crippen LogP contribution < -0.4 is 9.64 Å². The lowest BCUT2D eigenvalue weighted by Gasteiger charge is -2.23. The summed E-state index contributed by atoms with van der Waals surface area (Å²) in [5.41, 5.74) is 2.79. The highest BCUT2D eigenvalue weighted by Gasteiger charge is 2.18. The van der Waals surface area contributed by atoms with Crippen molar-refractivity contribution >= 4 is 11.6 Å². The van der Waals surface area contributed by atoms with Crippen molar-refractivity contribution in [3.05, 3.63) is 83.8 Å². The number of hydrogen-bond donors (Lipinski definition) is 0. The van der Waals surface area contributed by atoms with Gasteiger partial charge in [-0.25, -0.2) is 0 Å². The molecule has 0 bridgehead atoms. The number of carbonyl (C=O) groups is 1. The largest absolute Gasteiger partial charge is 0.494 e. The maximum absolute atomic E-state index is 13.3. The van der Waals surface area contributed by atoms with E-state index in [1.807, 2.05) is 50.5 Å². The van der Waals surface area contributed by atoms with Gasteiger partial charge in [-0.3, -0.25) is 4.79 Å². The van der Waals surface area contributed by atoms with Crippen molar-refractivity contribution in [2.75, 3.05) is 25.6 Å². The van der Waals surface area contributed by atoms with Crippen LogP contribution in [0.4, 0.5) is 5.69 Å². The second-order valence-corrected chi connectivity index (χ2v) is 7.18. The Balaban J connectivity index is 1.81. The van der Waals surface area contributed by atoms with E-state index in [-0.39, 0.29) is 5.91 Å². The van der Waals surface area contributed by atoms with Crippen molar-refractivity contribution in [2.45, 2.75) is 26.4 Å². The Labute approximate surface area is 172 Å². The van der Waals surface area contributed by atoms with Crippen molar-refractivity contribution in [2.24, 2.45) is 0 Å². The number of rotatable bonds is 9. The van der Waals surface area contributed by atoms with E-state index in [1.165, 1.54) is 0 Å². The third kappa shape index (κ3) is 5.64. The number of furan rings is 1. The second kappa shape index (κ2) is 9.82. The summed E-state index contributed by atoms with van der Waals surface area (Å²) in [7, 11) is 4.02. The van der Waals surface area contributed by atoms with E-state index < -0.39 is 0 Å². The average molecular weight is 392 g/mol. The van der Waals surface area contributed by atoms with Crippen molar-refractivity contribution in [3.8, 4) is 5.75 Å². The lowest BCUT2D eigenvalue weighted by molar-refractivity contribution is 0.0717. The maximum atomic E-state index is 13.3. The molecule has 1 heterocycles. The van der Waals surface area contributed by atoms with Gasteiger partial charge in [0.2, 0.25) is 0 Å². The second-order valence-electron chi connectivity index (χ2n) is 7.18. The Bertz CT molecular complexity index is 902. The summed E-state index contributed by atoms with van der Waals surface area (Å²) in [5.74, 6) is 1.41. The van der Waals surface area contributed by atoms with E-state index in [4.69, 9.17) is 9.15 Å². The normalized spacial score (nSPS) is 10.6. The third-order valence-electron chi connectivity index (χ3n) is 4.59. The zero-order valence-corrected chi connectivity index (χ0v) is 17.3. The fourth-order valence-corrected chi connectivity index (χ4v) is 3.03. The summed E-state index contributed by atoms with van der Waals surface area (Å²) in [6.07, 6.45) is 2.55. The molecule has 0 spiro atoms. The molecule has 3 rings (SSSR count). The molecule has 3 aromatic rings. The Morgan fingerprint density at radius 3 is 2.45 bits per heavy atom. The fraction of sp³-hybridized carbons (Fsp3) is 0.292. The Hall–Kier alpha value is -3.21. The molecule has 0 aliphatic carbocycles.